The third-order valence-corrected chi connectivity index (χ3v) is 24.9. The van der Waals surface area contributed by atoms with E-state index in [4.69, 9.17) is 26.3 Å². The topological polar surface area (TPSA) is 86.6 Å². The first kappa shape index (κ1) is 41.8. The van der Waals surface area contributed by atoms with Crippen LogP contribution in [0.4, 0.5) is 0 Å². The number of ether oxygens (including phenoxy) is 1. The molecule has 2 N–H and O–H groups in total. The third-order valence-electron chi connectivity index (χ3n) is 6.64. The lowest BCUT2D eigenvalue weighted by atomic mass is 10.1. The van der Waals surface area contributed by atoms with Crippen LogP contribution in [0.1, 0.15) is 84.0 Å². The zero-order valence-corrected chi connectivity index (χ0v) is 34.0. The Bertz CT molecular complexity index is 660. The van der Waals surface area contributed by atoms with Gasteiger partial charge in [0, 0.05) is 6.61 Å². The van der Waals surface area contributed by atoms with Gasteiger partial charge < -0.3 is 31.4 Å². The molecule has 0 amide bonds. The molecule has 0 rings (SSSR count). The fourth-order valence-electron chi connectivity index (χ4n) is 5.51. The van der Waals surface area contributed by atoms with Crippen molar-refractivity contribution in [2.45, 2.75) is 168 Å². The Morgan fingerprint density at radius 3 is 1.44 bits per heavy atom. The molecule has 248 valence electrons. The summed E-state index contributed by atoms with van der Waals surface area (Å²) in [5, 5.41) is 18.6. The Balaban J connectivity index is 5.31. The summed E-state index contributed by atoms with van der Waals surface area (Å²) < 4.78 is 33.3. The first-order chi connectivity index (χ1) is 18.8. The van der Waals surface area contributed by atoms with Crippen LogP contribution < -0.4 is 0 Å². The highest BCUT2D eigenvalue weighted by Crippen LogP contribution is 2.32. The van der Waals surface area contributed by atoms with Crippen LogP contribution in [0.25, 0.3) is 0 Å². The Hall–Kier alpha value is 0.804. The number of hydrogen-bond acceptors (Lipinski definition) is 7. The maximum atomic E-state index is 9.59. The molecule has 0 saturated heterocycles. The standard InChI is InChI=1S/C29H70O7Si5/c1-12-13-14-15-16-17-18-19-20-21-22-25-41(11,35-39(8,9)33-37(2,3)4)36-40(10,34-38(5,6)7)26-23-24-32-28-29(31)27-30/h29-31H,12-28H2,1-11H3. The maximum Gasteiger partial charge on any atom is 0.317 e. The van der Waals surface area contributed by atoms with E-state index >= 15 is 0 Å². The van der Waals surface area contributed by atoms with Crippen LogP contribution in [-0.4, -0.2) is 78.5 Å². The highest BCUT2D eigenvalue weighted by atomic mass is 28.5. The van der Waals surface area contributed by atoms with Crippen molar-refractivity contribution in [3.63, 3.8) is 0 Å². The predicted octanol–water partition coefficient (Wildman–Crippen LogP) is 8.64. The van der Waals surface area contributed by atoms with Gasteiger partial charge in [0.2, 0.25) is 0 Å². The molecular weight excluding hydrogens is 601 g/mol. The van der Waals surface area contributed by atoms with Crippen LogP contribution in [0.5, 0.6) is 0 Å². The summed E-state index contributed by atoms with van der Waals surface area (Å²) in [5.74, 6) is 0. The van der Waals surface area contributed by atoms with E-state index in [1.807, 2.05) is 0 Å². The molecular formula is C29H70O7Si5. The van der Waals surface area contributed by atoms with E-state index in [9.17, 15) is 5.11 Å². The van der Waals surface area contributed by atoms with Crippen LogP contribution in [0, 0.1) is 0 Å². The average molecular weight is 671 g/mol. The lowest BCUT2D eigenvalue weighted by molar-refractivity contribution is 0.00623. The van der Waals surface area contributed by atoms with Crippen molar-refractivity contribution >= 4 is 42.3 Å². The van der Waals surface area contributed by atoms with Gasteiger partial charge in [-0.1, -0.05) is 77.6 Å². The second kappa shape index (κ2) is 20.8. The molecule has 0 aliphatic carbocycles. The number of rotatable bonds is 27. The van der Waals surface area contributed by atoms with Gasteiger partial charge in [0.15, 0.2) is 16.6 Å². The molecule has 0 aliphatic heterocycles. The van der Waals surface area contributed by atoms with Crippen LogP contribution in [0.3, 0.4) is 0 Å². The normalized spacial score (nSPS) is 16.9. The van der Waals surface area contributed by atoms with Crippen molar-refractivity contribution in [3.05, 3.63) is 0 Å². The Morgan fingerprint density at radius 1 is 0.537 bits per heavy atom. The summed E-state index contributed by atoms with van der Waals surface area (Å²) >= 11 is 0. The Labute approximate surface area is 260 Å². The number of aliphatic hydroxyl groups is 2. The van der Waals surface area contributed by atoms with Crippen LogP contribution in [0.15, 0.2) is 0 Å². The molecule has 0 heterocycles. The third kappa shape index (κ3) is 24.8. The molecule has 0 saturated carbocycles. The molecule has 0 fully saturated rings. The van der Waals surface area contributed by atoms with Crippen molar-refractivity contribution in [3.8, 4) is 0 Å². The molecule has 3 atom stereocenters. The van der Waals surface area contributed by atoms with Crippen molar-refractivity contribution in [2.24, 2.45) is 0 Å². The largest absolute Gasteiger partial charge is 0.437 e. The lowest BCUT2D eigenvalue weighted by Gasteiger charge is -2.44. The molecule has 0 aromatic carbocycles. The van der Waals surface area contributed by atoms with Gasteiger partial charge in [-0.2, -0.15) is 0 Å². The average Bonchev–Trinajstić information content (AvgIpc) is 2.78. The second-order valence-electron chi connectivity index (χ2n) is 14.6. The van der Waals surface area contributed by atoms with E-state index in [1.165, 1.54) is 64.2 Å². The van der Waals surface area contributed by atoms with Gasteiger partial charge in [0.05, 0.1) is 13.2 Å². The number of aliphatic hydroxyl groups excluding tert-OH is 2. The van der Waals surface area contributed by atoms with Crippen molar-refractivity contribution < 1.29 is 31.4 Å². The molecule has 7 nitrogen and oxygen atoms in total. The first-order valence-corrected chi connectivity index (χ1v) is 31.2. The summed E-state index contributed by atoms with van der Waals surface area (Å²) in [6.07, 6.45) is 14.5. The molecule has 41 heavy (non-hydrogen) atoms. The minimum absolute atomic E-state index is 0.146. The minimum atomic E-state index is -2.60. The van der Waals surface area contributed by atoms with Crippen molar-refractivity contribution in [1.82, 2.24) is 0 Å². The molecule has 0 aliphatic rings. The van der Waals surface area contributed by atoms with Gasteiger partial charge in [-0.05, 0) is 84.0 Å². The zero-order valence-electron chi connectivity index (χ0n) is 29.0. The van der Waals surface area contributed by atoms with E-state index in [0.29, 0.717) is 6.61 Å². The van der Waals surface area contributed by atoms with Gasteiger partial charge in [0.1, 0.15) is 6.10 Å². The van der Waals surface area contributed by atoms with E-state index < -0.39 is 48.4 Å². The highest BCUT2D eigenvalue weighted by molar-refractivity contribution is 6.90. The summed E-state index contributed by atoms with van der Waals surface area (Å²) in [7, 11) is -11.2. The van der Waals surface area contributed by atoms with Gasteiger partial charge in [-0.25, -0.2) is 0 Å². The predicted molar refractivity (Wildman–Crippen MR) is 186 cm³/mol. The summed E-state index contributed by atoms with van der Waals surface area (Å²) in [6, 6.07) is 1.78. The molecule has 0 bridgehead atoms. The second-order valence-corrected chi connectivity index (χ2v) is 34.7. The summed E-state index contributed by atoms with van der Waals surface area (Å²) in [4.78, 5) is 0. The quantitative estimate of drug-likeness (QED) is 0.0668. The summed E-state index contributed by atoms with van der Waals surface area (Å²) in [5.41, 5.74) is 0. The van der Waals surface area contributed by atoms with Crippen LogP contribution >= 0.6 is 0 Å². The van der Waals surface area contributed by atoms with E-state index in [0.717, 1.165) is 24.9 Å². The lowest BCUT2D eigenvalue weighted by Crippen LogP contribution is -2.60. The highest BCUT2D eigenvalue weighted by Gasteiger charge is 2.48. The van der Waals surface area contributed by atoms with Gasteiger partial charge in [0.25, 0.3) is 0 Å². The number of hydrogen-bond donors (Lipinski definition) is 2. The first-order valence-electron chi connectivity index (χ1n) is 16.5. The Kier molecular flexibility index (Phi) is 21.2. The molecule has 0 aromatic heterocycles. The number of unbranched alkanes of at least 4 members (excludes halogenated alkanes) is 10. The van der Waals surface area contributed by atoms with Gasteiger partial charge in [-0.15, -0.1) is 0 Å². The summed E-state index contributed by atoms with van der Waals surface area (Å²) in [6.45, 7) is 24.8. The minimum Gasteiger partial charge on any atom is -0.437 e. The van der Waals surface area contributed by atoms with E-state index in [1.54, 1.807) is 0 Å². The maximum absolute atomic E-state index is 9.59. The molecule has 0 radical (unpaired) electrons. The molecule has 3 unspecified atom stereocenters. The zero-order chi connectivity index (χ0) is 31.6. The van der Waals surface area contributed by atoms with Gasteiger partial charge in [-0.3, -0.25) is 0 Å². The van der Waals surface area contributed by atoms with Crippen LogP contribution in [-0.2, 0) is 21.2 Å². The van der Waals surface area contributed by atoms with Gasteiger partial charge >= 0.3 is 25.7 Å². The molecule has 0 spiro atoms. The fourth-order valence-corrected chi connectivity index (χ4v) is 29.3. The fraction of sp³-hybridized carbons (Fsp3) is 1.00. The van der Waals surface area contributed by atoms with Crippen molar-refractivity contribution in [2.75, 3.05) is 19.8 Å². The van der Waals surface area contributed by atoms with Crippen LogP contribution in [0.2, 0.25) is 77.6 Å². The smallest absolute Gasteiger partial charge is 0.317 e. The SMILES string of the molecule is CCCCCCCCCCCCC[Si](C)(O[Si](C)(C)O[Si](C)(C)C)O[Si](C)(CCCOCC(O)CO)O[Si](C)(C)C. The molecule has 0 aromatic rings. The van der Waals surface area contributed by atoms with E-state index in [-0.39, 0.29) is 13.2 Å². The van der Waals surface area contributed by atoms with Crippen molar-refractivity contribution in [1.29, 1.82) is 0 Å². The Morgan fingerprint density at radius 2 is 0.976 bits per heavy atom. The van der Waals surface area contributed by atoms with E-state index in [2.05, 4.69) is 72.4 Å². The molecule has 12 heteroatoms. The monoisotopic (exact) mass is 670 g/mol.